The molecule has 1 saturated heterocycles. The molecule has 1 heterocycles. The molecule has 0 aromatic rings. The summed E-state index contributed by atoms with van der Waals surface area (Å²) in [5.41, 5.74) is -0.617. The van der Waals surface area contributed by atoms with Crippen LogP contribution in [-0.4, -0.2) is 51.6 Å². The van der Waals surface area contributed by atoms with Gasteiger partial charge in [0.25, 0.3) is 0 Å². The van der Waals surface area contributed by atoms with Crippen LogP contribution in [0.1, 0.15) is 19.8 Å². The Kier molecular flexibility index (Phi) is 5.18. The van der Waals surface area contributed by atoms with Crippen molar-refractivity contribution in [3.05, 3.63) is 0 Å². The summed E-state index contributed by atoms with van der Waals surface area (Å²) < 4.78 is 15.3. The highest BCUT2D eigenvalue weighted by Gasteiger charge is 2.32. The molecule has 5 heteroatoms. The van der Waals surface area contributed by atoms with Crippen LogP contribution in [0.15, 0.2) is 0 Å². The predicted octanol–water partition coefficient (Wildman–Crippen LogP) is 0.333. The first kappa shape index (κ1) is 13.4. The molecule has 1 atom stereocenters. The predicted molar refractivity (Wildman–Crippen MR) is 59.3 cm³/mol. The Morgan fingerprint density at radius 2 is 2.25 bits per heavy atom. The smallest absolute Gasteiger partial charge is 0.325 e. The van der Waals surface area contributed by atoms with Crippen LogP contribution in [0.5, 0.6) is 0 Å². The highest BCUT2D eigenvalue weighted by atomic mass is 16.6. The van der Waals surface area contributed by atoms with Gasteiger partial charge in [0.05, 0.1) is 20.3 Å². The second-order valence-corrected chi connectivity index (χ2v) is 4.21. The highest BCUT2D eigenvalue weighted by molar-refractivity contribution is 5.80. The summed E-state index contributed by atoms with van der Waals surface area (Å²) in [7, 11) is 3.16. The van der Waals surface area contributed by atoms with E-state index in [9.17, 15) is 4.79 Å². The first-order valence-electron chi connectivity index (χ1n) is 5.59. The summed E-state index contributed by atoms with van der Waals surface area (Å²) in [6.07, 6.45) is 1.77. The van der Waals surface area contributed by atoms with Crippen molar-refractivity contribution >= 4 is 5.97 Å². The molecule has 0 aromatic carbocycles. The average molecular weight is 231 g/mol. The third kappa shape index (κ3) is 3.43. The minimum absolute atomic E-state index is 0.234. The zero-order valence-electron chi connectivity index (χ0n) is 10.2. The van der Waals surface area contributed by atoms with Gasteiger partial charge in [0, 0.05) is 6.61 Å². The van der Waals surface area contributed by atoms with Crippen LogP contribution in [0.25, 0.3) is 0 Å². The lowest BCUT2D eigenvalue weighted by molar-refractivity contribution is -0.149. The molecule has 16 heavy (non-hydrogen) atoms. The summed E-state index contributed by atoms with van der Waals surface area (Å²) in [5.74, 6) is -0.234. The van der Waals surface area contributed by atoms with Gasteiger partial charge in [-0.25, -0.2) is 0 Å². The van der Waals surface area contributed by atoms with Gasteiger partial charge in [0.15, 0.2) is 0 Å². The standard InChI is InChI=1S/C11H21NO4/c1-11(12-2,10(13)14-3)5-4-6-16-9-7-15-8-9/h9,12H,4-8H2,1-3H3. The normalized spacial score (nSPS) is 19.9. The van der Waals surface area contributed by atoms with Crippen LogP contribution in [0.4, 0.5) is 0 Å². The number of rotatable bonds is 7. The van der Waals surface area contributed by atoms with Crippen molar-refractivity contribution in [3.8, 4) is 0 Å². The van der Waals surface area contributed by atoms with E-state index in [2.05, 4.69) is 5.32 Å². The van der Waals surface area contributed by atoms with Gasteiger partial charge in [0.1, 0.15) is 11.6 Å². The first-order valence-corrected chi connectivity index (χ1v) is 5.59. The van der Waals surface area contributed by atoms with Crippen molar-refractivity contribution in [1.82, 2.24) is 5.32 Å². The molecule has 1 fully saturated rings. The van der Waals surface area contributed by atoms with Gasteiger partial charge in [-0.3, -0.25) is 4.79 Å². The lowest BCUT2D eigenvalue weighted by Gasteiger charge is -2.28. The summed E-state index contributed by atoms with van der Waals surface area (Å²) in [5, 5.41) is 2.99. The van der Waals surface area contributed by atoms with E-state index >= 15 is 0 Å². The van der Waals surface area contributed by atoms with Gasteiger partial charge >= 0.3 is 5.97 Å². The van der Waals surface area contributed by atoms with Gasteiger partial charge in [-0.1, -0.05) is 0 Å². The molecule has 1 N–H and O–H groups in total. The number of methoxy groups -OCH3 is 1. The van der Waals surface area contributed by atoms with Crippen molar-refractivity contribution in [2.24, 2.45) is 0 Å². The second kappa shape index (κ2) is 6.18. The molecule has 0 spiro atoms. The Morgan fingerprint density at radius 3 is 2.69 bits per heavy atom. The maximum atomic E-state index is 11.5. The van der Waals surface area contributed by atoms with Crippen molar-refractivity contribution in [1.29, 1.82) is 0 Å². The van der Waals surface area contributed by atoms with Gasteiger partial charge in [-0.05, 0) is 26.8 Å². The first-order chi connectivity index (χ1) is 7.62. The number of hydrogen-bond acceptors (Lipinski definition) is 5. The molecule has 0 amide bonds. The molecular formula is C11H21NO4. The number of nitrogens with one attached hydrogen (secondary N) is 1. The van der Waals surface area contributed by atoms with E-state index in [1.165, 1.54) is 7.11 Å². The molecule has 0 radical (unpaired) electrons. The zero-order valence-corrected chi connectivity index (χ0v) is 10.2. The fourth-order valence-corrected chi connectivity index (χ4v) is 1.54. The van der Waals surface area contributed by atoms with Crippen molar-refractivity contribution in [3.63, 3.8) is 0 Å². The van der Waals surface area contributed by atoms with Crippen LogP contribution < -0.4 is 5.32 Å². The number of carbonyl (C=O) groups excluding carboxylic acids is 1. The maximum Gasteiger partial charge on any atom is 0.325 e. The molecule has 1 aliphatic heterocycles. The molecule has 0 bridgehead atoms. The fourth-order valence-electron chi connectivity index (χ4n) is 1.54. The van der Waals surface area contributed by atoms with E-state index in [0.717, 1.165) is 6.42 Å². The summed E-state index contributed by atoms with van der Waals surface area (Å²) in [6.45, 7) is 3.88. The second-order valence-electron chi connectivity index (χ2n) is 4.21. The Morgan fingerprint density at radius 1 is 1.56 bits per heavy atom. The molecule has 1 unspecified atom stereocenters. The van der Waals surface area contributed by atoms with Crippen LogP contribution in [-0.2, 0) is 19.0 Å². The summed E-state index contributed by atoms with van der Waals surface area (Å²) in [6, 6.07) is 0. The average Bonchev–Trinajstić information content (AvgIpc) is 2.24. The lowest BCUT2D eigenvalue weighted by Crippen LogP contribution is -2.48. The zero-order chi connectivity index (χ0) is 12.0. The Balaban J connectivity index is 2.19. The minimum Gasteiger partial charge on any atom is -0.468 e. The fraction of sp³-hybridized carbons (Fsp3) is 0.909. The maximum absolute atomic E-state index is 11.5. The topological polar surface area (TPSA) is 56.8 Å². The van der Waals surface area contributed by atoms with E-state index < -0.39 is 5.54 Å². The summed E-state index contributed by atoms with van der Waals surface area (Å²) in [4.78, 5) is 11.5. The SMILES string of the molecule is CNC(C)(CCCOC1COC1)C(=O)OC. The van der Waals surface area contributed by atoms with Gasteiger partial charge in [-0.15, -0.1) is 0 Å². The number of hydrogen-bond donors (Lipinski definition) is 1. The minimum atomic E-state index is -0.617. The Labute approximate surface area is 96.4 Å². The quantitative estimate of drug-likeness (QED) is 0.505. The monoisotopic (exact) mass is 231 g/mol. The summed E-state index contributed by atoms with van der Waals surface area (Å²) >= 11 is 0. The van der Waals surface area contributed by atoms with Gasteiger partial charge in [0.2, 0.25) is 0 Å². The Hall–Kier alpha value is -0.650. The van der Waals surface area contributed by atoms with Gasteiger partial charge in [-0.2, -0.15) is 0 Å². The van der Waals surface area contributed by atoms with E-state index in [0.29, 0.717) is 26.2 Å². The third-order valence-electron chi connectivity index (χ3n) is 2.97. The molecule has 0 aromatic heterocycles. The van der Waals surface area contributed by atoms with Crippen molar-refractivity contribution < 1.29 is 19.0 Å². The third-order valence-corrected chi connectivity index (χ3v) is 2.97. The number of carbonyl (C=O) groups is 1. The van der Waals surface area contributed by atoms with E-state index in [-0.39, 0.29) is 12.1 Å². The lowest BCUT2D eigenvalue weighted by atomic mass is 9.96. The molecule has 94 valence electrons. The molecule has 1 aliphatic rings. The van der Waals surface area contributed by atoms with Crippen molar-refractivity contribution in [2.75, 3.05) is 34.0 Å². The van der Waals surface area contributed by atoms with Crippen molar-refractivity contribution in [2.45, 2.75) is 31.4 Å². The van der Waals surface area contributed by atoms with E-state index in [4.69, 9.17) is 14.2 Å². The number of likely N-dealkylation sites (N-methyl/N-ethyl adjacent to an activating group) is 1. The number of esters is 1. The number of ether oxygens (including phenoxy) is 3. The van der Waals surface area contributed by atoms with E-state index in [1.54, 1.807) is 7.05 Å². The molecule has 1 rings (SSSR count). The molecule has 5 nitrogen and oxygen atoms in total. The molecule has 0 aliphatic carbocycles. The van der Waals surface area contributed by atoms with Crippen LogP contribution in [0.2, 0.25) is 0 Å². The molecular weight excluding hydrogens is 210 g/mol. The van der Waals surface area contributed by atoms with Crippen LogP contribution in [0.3, 0.4) is 0 Å². The van der Waals surface area contributed by atoms with Crippen LogP contribution in [0, 0.1) is 0 Å². The Bertz CT molecular complexity index is 230. The largest absolute Gasteiger partial charge is 0.468 e. The van der Waals surface area contributed by atoms with E-state index in [1.807, 2.05) is 6.92 Å². The highest BCUT2D eigenvalue weighted by Crippen LogP contribution is 2.15. The van der Waals surface area contributed by atoms with Crippen LogP contribution >= 0.6 is 0 Å². The molecule has 0 saturated carbocycles. The van der Waals surface area contributed by atoms with Gasteiger partial charge < -0.3 is 19.5 Å².